The molecule has 1 aromatic heterocycles. The summed E-state index contributed by atoms with van der Waals surface area (Å²) in [7, 11) is 1.32. The summed E-state index contributed by atoms with van der Waals surface area (Å²) in [6.07, 6.45) is 0.600. The number of nitrogens with one attached hydrogen (secondary N) is 2. The van der Waals surface area contributed by atoms with Crippen LogP contribution in [0, 0.1) is 0 Å². The lowest BCUT2D eigenvalue weighted by Gasteiger charge is -1.94. The fraction of sp³-hybridized carbons (Fsp3) is 0.500. The second-order valence-electron chi connectivity index (χ2n) is 2.20. The van der Waals surface area contributed by atoms with Crippen LogP contribution in [0.15, 0.2) is 4.79 Å². The van der Waals surface area contributed by atoms with E-state index in [1.807, 2.05) is 0 Å². The molecule has 0 saturated carbocycles. The van der Waals surface area contributed by atoms with Crippen molar-refractivity contribution in [1.29, 1.82) is 0 Å². The molecule has 0 aliphatic rings. The largest absolute Gasteiger partial charge is 0.469 e. The zero-order chi connectivity index (χ0) is 8.97. The Labute approximate surface area is 67.9 Å². The standard InChI is InChI=1S/C6H9N3O3/c1-12-5(10)3-2-4-7-6(11)9-8-4/h2-3H2,1H3,(H2,7,8,9,11). The molecule has 0 unspecified atom stereocenters. The number of aryl methyl sites for hydroxylation is 1. The van der Waals surface area contributed by atoms with E-state index in [9.17, 15) is 9.59 Å². The lowest BCUT2D eigenvalue weighted by Crippen LogP contribution is -2.04. The summed E-state index contributed by atoms with van der Waals surface area (Å²) in [6.45, 7) is 0. The van der Waals surface area contributed by atoms with E-state index in [1.54, 1.807) is 0 Å². The number of carbonyl (C=O) groups excluding carboxylic acids is 1. The average Bonchev–Trinajstić information content (AvgIpc) is 2.47. The highest BCUT2D eigenvalue weighted by atomic mass is 16.5. The van der Waals surface area contributed by atoms with Gasteiger partial charge in [0, 0.05) is 6.42 Å². The fourth-order valence-corrected chi connectivity index (χ4v) is 0.746. The van der Waals surface area contributed by atoms with Crippen LogP contribution >= 0.6 is 0 Å². The van der Waals surface area contributed by atoms with Gasteiger partial charge >= 0.3 is 11.7 Å². The second-order valence-corrected chi connectivity index (χ2v) is 2.20. The molecule has 12 heavy (non-hydrogen) atoms. The molecule has 0 atom stereocenters. The molecule has 0 amide bonds. The quantitative estimate of drug-likeness (QED) is 0.583. The Morgan fingerprint density at radius 2 is 2.42 bits per heavy atom. The van der Waals surface area contributed by atoms with Gasteiger partial charge in [0.1, 0.15) is 5.82 Å². The zero-order valence-corrected chi connectivity index (χ0v) is 6.59. The summed E-state index contributed by atoms with van der Waals surface area (Å²) in [4.78, 5) is 23.6. The number of nitrogens with zero attached hydrogens (tertiary/aromatic N) is 1. The molecular weight excluding hydrogens is 162 g/mol. The van der Waals surface area contributed by atoms with Crippen LogP contribution in [0.1, 0.15) is 12.2 Å². The molecular formula is C6H9N3O3. The lowest BCUT2D eigenvalue weighted by atomic mass is 10.3. The number of carbonyl (C=O) groups is 1. The third-order valence-corrected chi connectivity index (χ3v) is 1.34. The van der Waals surface area contributed by atoms with Crippen molar-refractivity contribution >= 4 is 5.97 Å². The van der Waals surface area contributed by atoms with Crippen molar-refractivity contribution in [1.82, 2.24) is 15.2 Å². The third kappa shape index (κ3) is 2.22. The maximum Gasteiger partial charge on any atom is 0.340 e. The Hall–Kier alpha value is -1.59. The molecule has 0 spiro atoms. The van der Waals surface area contributed by atoms with Crippen LogP contribution in [0.3, 0.4) is 0 Å². The van der Waals surface area contributed by atoms with Gasteiger partial charge in [-0.15, -0.1) is 0 Å². The van der Waals surface area contributed by atoms with E-state index in [0.29, 0.717) is 12.2 Å². The van der Waals surface area contributed by atoms with Crippen molar-refractivity contribution in [2.24, 2.45) is 0 Å². The number of hydrogen-bond acceptors (Lipinski definition) is 4. The van der Waals surface area contributed by atoms with Gasteiger partial charge in [-0.25, -0.2) is 9.89 Å². The molecule has 6 heteroatoms. The van der Waals surface area contributed by atoms with Gasteiger partial charge in [-0.2, -0.15) is 5.10 Å². The molecule has 0 aliphatic carbocycles. The van der Waals surface area contributed by atoms with Crippen molar-refractivity contribution in [3.8, 4) is 0 Å². The van der Waals surface area contributed by atoms with Crippen LogP contribution in [0.25, 0.3) is 0 Å². The van der Waals surface area contributed by atoms with Crippen molar-refractivity contribution in [2.75, 3.05) is 7.11 Å². The number of methoxy groups -OCH3 is 1. The molecule has 6 nitrogen and oxygen atoms in total. The van der Waals surface area contributed by atoms with Gasteiger partial charge in [-0.3, -0.25) is 9.78 Å². The van der Waals surface area contributed by atoms with E-state index >= 15 is 0 Å². The zero-order valence-electron chi connectivity index (χ0n) is 6.59. The number of aromatic amines is 2. The SMILES string of the molecule is COC(=O)CCc1n[nH]c(=O)[nH]1. The monoisotopic (exact) mass is 171 g/mol. The molecule has 0 saturated heterocycles. The number of rotatable bonds is 3. The van der Waals surface area contributed by atoms with Crippen LogP contribution in [0.2, 0.25) is 0 Å². The Morgan fingerprint density at radius 1 is 1.67 bits per heavy atom. The first-order chi connectivity index (χ1) is 5.72. The maximum atomic E-state index is 10.6. The normalized spacial score (nSPS) is 9.75. The molecule has 0 fully saturated rings. The van der Waals surface area contributed by atoms with Gasteiger partial charge in [0.15, 0.2) is 0 Å². The number of aromatic nitrogens is 3. The molecule has 0 radical (unpaired) electrons. The van der Waals surface area contributed by atoms with Crippen molar-refractivity contribution in [3.05, 3.63) is 16.3 Å². The van der Waals surface area contributed by atoms with Gasteiger partial charge in [0.25, 0.3) is 0 Å². The first kappa shape index (κ1) is 8.51. The van der Waals surface area contributed by atoms with Crippen LogP contribution in [0.5, 0.6) is 0 Å². The number of hydrogen-bond donors (Lipinski definition) is 2. The van der Waals surface area contributed by atoms with Crippen molar-refractivity contribution in [2.45, 2.75) is 12.8 Å². The summed E-state index contributed by atoms with van der Waals surface area (Å²) >= 11 is 0. The fourth-order valence-electron chi connectivity index (χ4n) is 0.746. The molecule has 0 aliphatic heterocycles. The summed E-state index contributed by atoms with van der Waals surface area (Å²) < 4.78 is 4.41. The summed E-state index contributed by atoms with van der Waals surface area (Å²) in [5.74, 6) is 0.143. The van der Waals surface area contributed by atoms with E-state index < -0.39 is 0 Å². The summed E-state index contributed by atoms with van der Waals surface area (Å²) in [6, 6.07) is 0. The lowest BCUT2D eigenvalue weighted by molar-refractivity contribution is -0.140. The predicted molar refractivity (Wildman–Crippen MR) is 39.5 cm³/mol. The second kappa shape index (κ2) is 3.70. The summed E-state index contributed by atoms with van der Waals surface area (Å²) in [5.41, 5.74) is -0.366. The predicted octanol–water partition coefficient (Wildman–Crippen LogP) is -0.796. The Kier molecular flexibility index (Phi) is 2.62. The Bertz CT molecular complexity index is 314. The first-order valence-electron chi connectivity index (χ1n) is 3.42. The van der Waals surface area contributed by atoms with Gasteiger partial charge in [-0.05, 0) is 0 Å². The number of esters is 1. The Morgan fingerprint density at radius 3 is 2.92 bits per heavy atom. The van der Waals surface area contributed by atoms with E-state index in [2.05, 4.69) is 19.9 Å². The first-order valence-corrected chi connectivity index (χ1v) is 3.42. The summed E-state index contributed by atoms with van der Waals surface area (Å²) in [5, 5.41) is 5.82. The molecule has 0 aromatic carbocycles. The highest BCUT2D eigenvalue weighted by molar-refractivity contribution is 5.69. The van der Waals surface area contributed by atoms with Gasteiger partial charge < -0.3 is 4.74 Å². The molecule has 2 N–H and O–H groups in total. The molecule has 66 valence electrons. The topological polar surface area (TPSA) is 87.8 Å². The average molecular weight is 171 g/mol. The van der Waals surface area contributed by atoms with Crippen molar-refractivity contribution in [3.63, 3.8) is 0 Å². The van der Waals surface area contributed by atoms with E-state index in [0.717, 1.165) is 0 Å². The molecule has 1 heterocycles. The van der Waals surface area contributed by atoms with Crippen LogP contribution in [-0.2, 0) is 16.0 Å². The minimum absolute atomic E-state index is 0.220. The molecule has 1 aromatic rings. The van der Waals surface area contributed by atoms with Crippen LogP contribution in [-0.4, -0.2) is 28.3 Å². The number of H-pyrrole nitrogens is 2. The smallest absolute Gasteiger partial charge is 0.340 e. The molecule has 1 rings (SSSR count). The Balaban J connectivity index is 2.43. The van der Waals surface area contributed by atoms with E-state index in [-0.39, 0.29) is 18.1 Å². The maximum absolute atomic E-state index is 10.6. The number of ether oxygens (including phenoxy) is 1. The highest BCUT2D eigenvalue weighted by Gasteiger charge is 2.03. The minimum atomic E-state index is -0.366. The van der Waals surface area contributed by atoms with Crippen molar-refractivity contribution < 1.29 is 9.53 Å². The highest BCUT2D eigenvalue weighted by Crippen LogP contribution is 1.92. The van der Waals surface area contributed by atoms with Gasteiger partial charge in [0.05, 0.1) is 13.5 Å². The van der Waals surface area contributed by atoms with Gasteiger partial charge in [-0.1, -0.05) is 0 Å². The van der Waals surface area contributed by atoms with E-state index in [4.69, 9.17) is 0 Å². The van der Waals surface area contributed by atoms with E-state index in [1.165, 1.54) is 7.11 Å². The van der Waals surface area contributed by atoms with Gasteiger partial charge in [0.2, 0.25) is 0 Å². The molecule has 0 bridgehead atoms. The third-order valence-electron chi connectivity index (χ3n) is 1.34. The minimum Gasteiger partial charge on any atom is -0.469 e. The van der Waals surface area contributed by atoms with Crippen LogP contribution in [0.4, 0.5) is 0 Å². The van der Waals surface area contributed by atoms with Crippen LogP contribution < -0.4 is 5.69 Å².